The van der Waals surface area contributed by atoms with Gasteiger partial charge in [-0.15, -0.1) is 0 Å². The van der Waals surface area contributed by atoms with Crippen LogP contribution in [0.25, 0.3) is 0 Å². The van der Waals surface area contributed by atoms with E-state index in [9.17, 15) is 22.0 Å². The lowest BCUT2D eigenvalue weighted by atomic mass is 10.2. The van der Waals surface area contributed by atoms with Gasteiger partial charge in [-0.1, -0.05) is 18.9 Å². The zero-order chi connectivity index (χ0) is 18.7. The number of halogens is 2. The molecule has 0 amide bonds. The van der Waals surface area contributed by atoms with Crippen LogP contribution in [0.4, 0.5) is 8.78 Å². The first-order valence-electron chi connectivity index (χ1n) is 8.15. The molecule has 26 heavy (non-hydrogen) atoms. The van der Waals surface area contributed by atoms with E-state index in [2.05, 4.69) is 4.72 Å². The SMILES string of the molecule is O=C(Oc1ccc(F)cc1F)c1cccc(S(=O)(=O)NC2CCCC2)c1. The van der Waals surface area contributed by atoms with E-state index in [1.54, 1.807) is 0 Å². The summed E-state index contributed by atoms with van der Waals surface area (Å²) < 4.78 is 58.9. The monoisotopic (exact) mass is 381 g/mol. The highest BCUT2D eigenvalue weighted by molar-refractivity contribution is 7.89. The van der Waals surface area contributed by atoms with Crippen LogP contribution in [-0.2, 0) is 10.0 Å². The van der Waals surface area contributed by atoms with Crippen LogP contribution in [0.3, 0.4) is 0 Å². The van der Waals surface area contributed by atoms with Crippen LogP contribution >= 0.6 is 0 Å². The minimum Gasteiger partial charge on any atom is -0.420 e. The number of hydrogen-bond acceptors (Lipinski definition) is 4. The van der Waals surface area contributed by atoms with Gasteiger partial charge < -0.3 is 4.74 Å². The molecule has 1 aliphatic rings. The van der Waals surface area contributed by atoms with Crippen molar-refractivity contribution in [1.29, 1.82) is 0 Å². The molecule has 8 heteroatoms. The molecule has 2 aromatic rings. The molecular weight excluding hydrogens is 364 g/mol. The fraction of sp³-hybridized carbons (Fsp3) is 0.278. The highest BCUT2D eigenvalue weighted by Crippen LogP contribution is 2.22. The van der Waals surface area contributed by atoms with Crippen LogP contribution in [0.2, 0.25) is 0 Å². The van der Waals surface area contributed by atoms with E-state index in [0.29, 0.717) is 6.07 Å². The lowest BCUT2D eigenvalue weighted by Crippen LogP contribution is -2.32. The van der Waals surface area contributed by atoms with Gasteiger partial charge in [0.2, 0.25) is 10.0 Å². The maximum Gasteiger partial charge on any atom is 0.343 e. The van der Waals surface area contributed by atoms with Crippen molar-refractivity contribution in [2.45, 2.75) is 36.6 Å². The minimum absolute atomic E-state index is 0.0528. The van der Waals surface area contributed by atoms with Crippen molar-refractivity contribution < 1.29 is 26.7 Å². The van der Waals surface area contributed by atoms with Crippen molar-refractivity contribution in [2.24, 2.45) is 0 Å². The summed E-state index contributed by atoms with van der Waals surface area (Å²) >= 11 is 0. The van der Waals surface area contributed by atoms with Gasteiger partial charge in [-0.3, -0.25) is 0 Å². The topological polar surface area (TPSA) is 72.5 Å². The van der Waals surface area contributed by atoms with Gasteiger partial charge in [-0.05, 0) is 43.2 Å². The first-order valence-corrected chi connectivity index (χ1v) is 9.63. The average Bonchev–Trinajstić information content (AvgIpc) is 3.09. The second kappa shape index (κ2) is 7.51. The Morgan fingerprint density at radius 1 is 1.08 bits per heavy atom. The van der Waals surface area contributed by atoms with Crippen LogP contribution in [0.1, 0.15) is 36.0 Å². The normalized spacial score (nSPS) is 15.2. The molecule has 0 saturated heterocycles. The maximum atomic E-state index is 13.6. The van der Waals surface area contributed by atoms with Crippen LogP contribution in [0, 0.1) is 11.6 Å². The van der Waals surface area contributed by atoms with E-state index in [0.717, 1.165) is 37.8 Å². The molecule has 3 rings (SSSR count). The number of benzene rings is 2. The van der Waals surface area contributed by atoms with Gasteiger partial charge in [0.15, 0.2) is 11.6 Å². The number of nitrogens with one attached hydrogen (secondary N) is 1. The van der Waals surface area contributed by atoms with Crippen LogP contribution < -0.4 is 9.46 Å². The molecule has 1 aliphatic carbocycles. The van der Waals surface area contributed by atoms with Crippen molar-refractivity contribution in [1.82, 2.24) is 4.72 Å². The zero-order valence-corrected chi connectivity index (χ0v) is 14.6. The van der Waals surface area contributed by atoms with Gasteiger partial charge in [0.1, 0.15) is 5.82 Å². The highest BCUT2D eigenvalue weighted by Gasteiger charge is 2.24. The van der Waals surface area contributed by atoms with Crippen molar-refractivity contribution in [3.63, 3.8) is 0 Å². The predicted molar refractivity (Wildman–Crippen MR) is 90.3 cm³/mol. The summed E-state index contributed by atoms with van der Waals surface area (Å²) in [5.41, 5.74) is -0.0528. The van der Waals surface area contributed by atoms with Crippen molar-refractivity contribution in [3.05, 3.63) is 59.7 Å². The third-order valence-electron chi connectivity index (χ3n) is 4.15. The molecule has 0 spiro atoms. The van der Waals surface area contributed by atoms with E-state index >= 15 is 0 Å². The molecule has 0 atom stereocenters. The molecule has 0 aromatic heterocycles. The molecule has 0 bridgehead atoms. The summed E-state index contributed by atoms with van der Waals surface area (Å²) in [5.74, 6) is -3.19. The number of carbonyl (C=O) groups excluding carboxylic acids is 1. The largest absolute Gasteiger partial charge is 0.420 e. The third kappa shape index (κ3) is 4.25. The Bertz CT molecular complexity index is 925. The Morgan fingerprint density at radius 2 is 1.81 bits per heavy atom. The molecule has 0 unspecified atom stereocenters. The molecule has 1 saturated carbocycles. The predicted octanol–water partition coefficient (Wildman–Crippen LogP) is 3.40. The van der Waals surface area contributed by atoms with Gasteiger partial charge in [-0.2, -0.15) is 0 Å². The first kappa shape index (κ1) is 18.5. The molecule has 2 aromatic carbocycles. The summed E-state index contributed by atoms with van der Waals surface area (Å²) in [5, 5.41) is 0. The van der Waals surface area contributed by atoms with Crippen molar-refractivity contribution in [3.8, 4) is 5.75 Å². The lowest BCUT2D eigenvalue weighted by Gasteiger charge is -2.13. The zero-order valence-electron chi connectivity index (χ0n) is 13.7. The smallest absolute Gasteiger partial charge is 0.343 e. The summed E-state index contributed by atoms with van der Waals surface area (Å²) in [4.78, 5) is 12.1. The summed E-state index contributed by atoms with van der Waals surface area (Å²) in [7, 11) is -3.77. The lowest BCUT2D eigenvalue weighted by molar-refractivity contribution is 0.0727. The molecule has 1 fully saturated rings. The number of sulfonamides is 1. The number of esters is 1. The van der Waals surface area contributed by atoms with Gasteiger partial charge in [0.05, 0.1) is 10.5 Å². The second-order valence-corrected chi connectivity index (χ2v) is 7.81. The van der Waals surface area contributed by atoms with Gasteiger partial charge in [0, 0.05) is 12.1 Å². The first-order chi connectivity index (χ1) is 12.3. The Labute approximate surface area is 150 Å². The number of hydrogen-bond donors (Lipinski definition) is 1. The van der Waals surface area contributed by atoms with E-state index < -0.39 is 33.4 Å². The molecule has 0 radical (unpaired) electrons. The number of ether oxygens (including phenoxy) is 1. The maximum absolute atomic E-state index is 13.6. The summed E-state index contributed by atoms with van der Waals surface area (Å²) in [6.07, 6.45) is 3.52. The van der Waals surface area contributed by atoms with Gasteiger partial charge in [0.25, 0.3) is 0 Å². The highest BCUT2D eigenvalue weighted by atomic mass is 32.2. The third-order valence-corrected chi connectivity index (χ3v) is 5.67. The minimum atomic E-state index is -3.77. The van der Waals surface area contributed by atoms with E-state index in [-0.39, 0.29) is 16.5 Å². The van der Waals surface area contributed by atoms with E-state index in [4.69, 9.17) is 4.74 Å². The van der Waals surface area contributed by atoms with Gasteiger partial charge in [-0.25, -0.2) is 26.7 Å². The standard InChI is InChI=1S/C18H17F2NO4S/c19-13-8-9-17(16(20)11-13)25-18(22)12-4-3-7-15(10-12)26(23,24)21-14-5-1-2-6-14/h3-4,7-11,14,21H,1-2,5-6H2. The molecule has 0 heterocycles. The summed E-state index contributed by atoms with van der Waals surface area (Å²) in [6.45, 7) is 0. The fourth-order valence-corrected chi connectivity index (χ4v) is 4.19. The van der Waals surface area contributed by atoms with Crippen molar-refractivity contribution >= 4 is 16.0 Å². The number of rotatable bonds is 5. The quantitative estimate of drug-likeness (QED) is 0.636. The molecule has 1 N–H and O–H groups in total. The average molecular weight is 381 g/mol. The van der Waals surface area contributed by atoms with Crippen LogP contribution in [-0.4, -0.2) is 20.4 Å². The van der Waals surface area contributed by atoms with E-state index in [1.807, 2.05) is 0 Å². The molecule has 5 nitrogen and oxygen atoms in total. The molecule has 138 valence electrons. The Balaban J connectivity index is 1.78. The molecule has 0 aliphatic heterocycles. The summed E-state index contributed by atoms with van der Waals surface area (Å²) in [6, 6.07) is 7.73. The number of carbonyl (C=O) groups is 1. The Hall–Kier alpha value is -2.32. The Morgan fingerprint density at radius 3 is 2.50 bits per heavy atom. The van der Waals surface area contributed by atoms with Gasteiger partial charge >= 0.3 is 5.97 Å². The van der Waals surface area contributed by atoms with E-state index in [1.165, 1.54) is 24.3 Å². The van der Waals surface area contributed by atoms with Crippen LogP contribution in [0.5, 0.6) is 5.75 Å². The fourth-order valence-electron chi connectivity index (χ4n) is 2.84. The van der Waals surface area contributed by atoms with Crippen molar-refractivity contribution in [2.75, 3.05) is 0 Å². The second-order valence-electron chi connectivity index (χ2n) is 6.09. The Kier molecular flexibility index (Phi) is 5.33. The molecular formula is C18H17F2NO4S. The van der Waals surface area contributed by atoms with Crippen LogP contribution in [0.15, 0.2) is 47.4 Å².